The Bertz CT molecular complexity index is 478. The topological polar surface area (TPSA) is 32.8 Å². The molecule has 1 aromatic carbocycles. The van der Waals surface area contributed by atoms with Gasteiger partial charge in [0.1, 0.15) is 11.9 Å². The van der Waals surface area contributed by atoms with Crippen molar-refractivity contribution in [3.63, 3.8) is 0 Å². The number of ether oxygens (including phenoxy) is 1. The fourth-order valence-electron chi connectivity index (χ4n) is 2.95. The van der Waals surface area contributed by atoms with Crippen LogP contribution in [0.5, 0.6) is 0 Å². The first-order valence-electron chi connectivity index (χ1n) is 7.59. The van der Waals surface area contributed by atoms with Crippen LogP contribution in [0.15, 0.2) is 24.3 Å². The Kier molecular flexibility index (Phi) is 4.51. The molecule has 0 spiro atoms. The summed E-state index contributed by atoms with van der Waals surface area (Å²) in [5, 5.41) is 0. The van der Waals surface area contributed by atoms with E-state index in [2.05, 4.69) is 4.90 Å². The lowest BCUT2D eigenvalue weighted by Gasteiger charge is -2.35. The highest BCUT2D eigenvalue weighted by Gasteiger charge is 2.30. The zero-order valence-corrected chi connectivity index (χ0v) is 12.1. The molecule has 1 amide bonds. The first-order chi connectivity index (χ1) is 10.2. The Labute approximate surface area is 124 Å². The summed E-state index contributed by atoms with van der Waals surface area (Å²) in [6.45, 7) is 4.73. The highest BCUT2D eigenvalue weighted by atomic mass is 19.1. The van der Waals surface area contributed by atoms with Crippen molar-refractivity contribution in [1.82, 2.24) is 9.80 Å². The van der Waals surface area contributed by atoms with Crippen molar-refractivity contribution < 1.29 is 13.9 Å². The Balaban J connectivity index is 1.48. The predicted molar refractivity (Wildman–Crippen MR) is 77.2 cm³/mol. The van der Waals surface area contributed by atoms with Crippen LogP contribution in [-0.2, 0) is 16.1 Å². The molecule has 0 saturated carbocycles. The molecular weight excluding hydrogens is 271 g/mol. The van der Waals surface area contributed by atoms with Gasteiger partial charge in [0.05, 0.1) is 0 Å². The normalized spacial score (nSPS) is 23.5. The Morgan fingerprint density at radius 1 is 1.19 bits per heavy atom. The van der Waals surface area contributed by atoms with Gasteiger partial charge in [-0.05, 0) is 30.5 Å². The lowest BCUT2D eigenvalue weighted by Crippen LogP contribution is -2.51. The molecule has 1 atom stereocenters. The fraction of sp³-hybridized carbons (Fsp3) is 0.562. The predicted octanol–water partition coefficient (Wildman–Crippen LogP) is 1.65. The number of hydrogen-bond acceptors (Lipinski definition) is 3. The van der Waals surface area contributed by atoms with Crippen LogP contribution in [-0.4, -0.2) is 54.6 Å². The van der Waals surface area contributed by atoms with Crippen LogP contribution in [0.2, 0.25) is 0 Å². The van der Waals surface area contributed by atoms with E-state index in [1.807, 2.05) is 17.0 Å². The number of benzene rings is 1. The quantitative estimate of drug-likeness (QED) is 0.849. The van der Waals surface area contributed by atoms with Crippen LogP contribution in [0.4, 0.5) is 4.39 Å². The summed E-state index contributed by atoms with van der Waals surface area (Å²) in [5.41, 5.74) is 1.11. The van der Waals surface area contributed by atoms with Crippen molar-refractivity contribution in [1.29, 1.82) is 0 Å². The summed E-state index contributed by atoms with van der Waals surface area (Å²) >= 11 is 0. The lowest BCUT2D eigenvalue weighted by atomic mass is 10.1. The van der Waals surface area contributed by atoms with Crippen LogP contribution in [0.3, 0.4) is 0 Å². The van der Waals surface area contributed by atoms with E-state index >= 15 is 0 Å². The van der Waals surface area contributed by atoms with Gasteiger partial charge in [0.2, 0.25) is 0 Å². The van der Waals surface area contributed by atoms with Crippen molar-refractivity contribution in [2.45, 2.75) is 25.5 Å². The summed E-state index contributed by atoms with van der Waals surface area (Å²) < 4.78 is 18.3. The number of carbonyl (C=O) groups excluding carboxylic acids is 1. The third-order valence-electron chi connectivity index (χ3n) is 4.21. The van der Waals surface area contributed by atoms with Gasteiger partial charge < -0.3 is 9.64 Å². The maximum absolute atomic E-state index is 12.9. The summed E-state index contributed by atoms with van der Waals surface area (Å²) in [4.78, 5) is 16.5. The molecule has 0 unspecified atom stereocenters. The number of piperazine rings is 1. The molecule has 0 aliphatic carbocycles. The highest BCUT2D eigenvalue weighted by molar-refractivity contribution is 5.81. The van der Waals surface area contributed by atoms with E-state index in [-0.39, 0.29) is 17.8 Å². The van der Waals surface area contributed by atoms with Crippen LogP contribution in [0.25, 0.3) is 0 Å². The average molecular weight is 292 g/mol. The zero-order valence-electron chi connectivity index (χ0n) is 12.1. The smallest absolute Gasteiger partial charge is 0.251 e. The maximum atomic E-state index is 12.9. The van der Waals surface area contributed by atoms with E-state index in [1.165, 1.54) is 12.1 Å². The summed E-state index contributed by atoms with van der Waals surface area (Å²) in [7, 11) is 0. The molecule has 1 aromatic rings. The minimum Gasteiger partial charge on any atom is -0.368 e. The molecule has 114 valence electrons. The summed E-state index contributed by atoms with van der Waals surface area (Å²) in [5.74, 6) is -0.0559. The molecule has 0 bridgehead atoms. The molecule has 2 fully saturated rings. The van der Waals surface area contributed by atoms with E-state index < -0.39 is 0 Å². The second kappa shape index (κ2) is 6.54. The van der Waals surface area contributed by atoms with Crippen LogP contribution >= 0.6 is 0 Å². The van der Waals surface area contributed by atoms with Crippen molar-refractivity contribution in [2.24, 2.45) is 0 Å². The monoisotopic (exact) mass is 292 g/mol. The van der Waals surface area contributed by atoms with E-state index in [4.69, 9.17) is 4.74 Å². The van der Waals surface area contributed by atoms with Gasteiger partial charge in [-0.2, -0.15) is 0 Å². The maximum Gasteiger partial charge on any atom is 0.251 e. The van der Waals surface area contributed by atoms with Gasteiger partial charge in [0.15, 0.2) is 0 Å². The minimum atomic E-state index is -0.214. The van der Waals surface area contributed by atoms with Gasteiger partial charge in [-0.25, -0.2) is 4.39 Å². The Hall–Kier alpha value is -1.46. The SMILES string of the molecule is O=C([C@H]1CCCO1)N1CCN(Cc2ccc(F)cc2)CC1. The van der Waals surface area contributed by atoms with E-state index in [1.54, 1.807) is 0 Å². The van der Waals surface area contributed by atoms with E-state index in [9.17, 15) is 9.18 Å². The summed E-state index contributed by atoms with van der Waals surface area (Å²) in [6.07, 6.45) is 1.63. The average Bonchev–Trinajstić information content (AvgIpc) is 3.04. The van der Waals surface area contributed by atoms with Crippen LogP contribution in [0.1, 0.15) is 18.4 Å². The number of amides is 1. The summed E-state index contributed by atoms with van der Waals surface area (Å²) in [6, 6.07) is 6.62. The molecule has 2 aliphatic rings. The molecular formula is C16H21FN2O2. The zero-order chi connectivity index (χ0) is 14.7. The number of carbonyl (C=O) groups is 1. The standard InChI is InChI=1S/C16H21FN2O2/c17-14-5-3-13(4-6-14)12-18-7-9-19(10-8-18)16(20)15-2-1-11-21-15/h3-6,15H,1-2,7-12H2/t15-/m1/s1. The number of nitrogens with zero attached hydrogens (tertiary/aromatic N) is 2. The molecule has 5 heteroatoms. The molecule has 2 aliphatic heterocycles. The van der Waals surface area contributed by atoms with Gasteiger partial charge >= 0.3 is 0 Å². The Morgan fingerprint density at radius 3 is 2.52 bits per heavy atom. The highest BCUT2D eigenvalue weighted by Crippen LogP contribution is 2.16. The molecule has 3 rings (SSSR count). The number of rotatable bonds is 3. The molecule has 0 aromatic heterocycles. The van der Waals surface area contributed by atoms with Crippen LogP contribution < -0.4 is 0 Å². The minimum absolute atomic E-state index is 0.147. The van der Waals surface area contributed by atoms with E-state index in [0.717, 1.165) is 51.1 Å². The largest absolute Gasteiger partial charge is 0.368 e. The van der Waals surface area contributed by atoms with E-state index in [0.29, 0.717) is 6.61 Å². The second-order valence-electron chi connectivity index (χ2n) is 5.73. The first kappa shape index (κ1) is 14.5. The molecule has 2 saturated heterocycles. The fourth-order valence-corrected chi connectivity index (χ4v) is 2.95. The van der Waals surface area contributed by atoms with Gasteiger partial charge in [0.25, 0.3) is 5.91 Å². The van der Waals surface area contributed by atoms with Crippen molar-refractivity contribution in [2.75, 3.05) is 32.8 Å². The van der Waals surface area contributed by atoms with Gasteiger partial charge in [0, 0.05) is 39.3 Å². The lowest BCUT2D eigenvalue weighted by molar-refractivity contribution is -0.142. The van der Waals surface area contributed by atoms with Gasteiger partial charge in [-0.15, -0.1) is 0 Å². The third-order valence-corrected chi connectivity index (χ3v) is 4.21. The van der Waals surface area contributed by atoms with Gasteiger partial charge in [-0.3, -0.25) is 9.69 Å². The van der Waals surface area contributed by atoms with Crippen molar-refractivity contribution in [3.05, 3.63) is 35.6 Å². The molecule has 0 radical (unpaired) electrons. The first-order valence-corrected chi connectivity index (χ1v) is 7.59. The molecule has 2 heterocycles. The molecule has 4 nitrogen and oxygen atoms in total. The molecule has 21 heavy (non-hydrogen) atoms. The van der Waals surface area contributed by atoms with Crippen molar-refractivity contribution >= 4 is 5.91 Å². The third kappa shape index (κ3) is 3.60. The molecule has 0 N–H and O–H groups in total. The number of hydrogen-bond donors (Lipinski definition) is 0. The van der Waals surface area contributed by atoms with Crippen LogP contribution in [0, 0.1) is 5.82 Å². The number of halogens is 1. The second-order valence-corrected chi connectivity index (χ2v) is 5.73. The van der Waals surface area contributed by atoms with Gasteiger partial charge in [-0.1, -0.05) is 12.1 Å². The van der Waals surface area contributed by atoms with Crippen molar-refractivity contribution in [3.8, 4) is 0 Å². The Morgan fingerprint density at radius 2 is 1.90 bits per heavy atom.